The van der Waals surface area contributed by atoms with Gasteiger partial charge < -0.3 is 11.1 Å². The highest BCUT2D eigenvalue weighted by molar-refractivity contribution is 5.58. The number of aryl methyl sites for hydroxylation is 1. The van der Waals surface area contributed by atoms with E-state index >= 15 is 0 Å². The lowest BCUT2D eigenvalue weighted by Gasteiger charge is -2.06. The van der Waals surface area contributed by atoms with Crippen molar-refractivity contribution in [2.75, 3.05) is 11.1 Å². The molecule has 16 heavy (non-hydrogen) atoms. The average Bonchev–Trinajstić information content (AvgIpc) is 2.24. The summed E-state index contributed by atoms with van der Waals surface area (Å²) in [5.74, 6) is 0.646. The fourth-order valence-corrected chi connectivity index (χ4v) is 1.26. The lowest BCUT2D eigenvalue weighted by Crippen LogP contribution is -1.97. The van der Waals surface area contributed by atoms with Crippen molar-refractivity contribution in [3.8, 4) is 0 Å². The second-order valence-electron chi connectivity index (χ2n) is 3.42. The SMILES string of the molecule is Cc1ccc(Nc2cc(N)ncn2)cc1F. The molecule has 3 N–H and O–H groups in total. The largest absolute Gasteiger partial charge is 0.384 e. The molecule has 0 radical (unpaired) electrons. The predicted octanol–water partition coefficient (Wildman–Crippen LogP) is 2.25. The van der Waals surface area contributed by atoms with Crippen LogP contribution in [-0.2, 0) is 0 Å². The molecule has 0 amide bonds. The molecule has 2 aromatic rings. The summed E-state index contributed by atoms with van der Waals surface area (Å²) in [6.07, 6.45) is 1.35. The van der Waals surface area contributed by atoms with E-state index in [0.717, 1.165) is 0 Å². The summed E-state index contributed by atoms with van der Waals surface area (Å²) in [5, 5.41) is 2.94. The topological polar surface area (TPSA) is 63.8 Å². The standard InChI is InChI=1S/C11H11FN4/c1-7-2-3-8(4-9(7)12)16-11-5-10(13)14-6-15-11/h2-6H,1H3,(H3,13,14,15,16). The number of anilines is 3. The third-order valence-electron chi connectivity index (χ3n) is 2.13. The summed E-state index contributed by atoms with van der Waals surface area (Å²) >= 11 is 0. The van der Waals surface area contributed by atoms with Crippen molar-refractivity contribution in [1.82, 2.24) is 9.97 Å². The number of nitrogen functional groups attached to an aromatic ring is 1. The molecule has 1 heterocycles. The number of rotatable bonds is 2. The number of hydrogen-bond donors (Lipinski definition) is 2. The van der Waals surface area contributed by atoms with Crippen LogP contribution in [0.4, 0.5) is 21.7 Å². The van der Waals surface area contributed by atoms with Crippen LogP contribution in [0.25, 0.3) is 0 Å². The van der Waals surface area contributed by atoms with E-state index in [1.54, 1.807) is 25.1 Å². The Kier molecular flexibility index (Phi) is 2.68. The zero-order valence-corrected chi connectivity index (χ0v) is 8.74. The third-order valence-corrected chi connectivity index (χ3v) is 2.13. The van der Waals surface area contributed by atoms with Gasteiger partial charge in [0.25, 0.3) is 0 Å². The Hall–Kier alpha value is -2.17. The minimum absolute atomic E-state index is 0.257. The van der Waals surface area contributed by atoms with Crippen LogP contribution in [0.2, 0.25) is 0 Å². The fraction of sp³-hybridized carbons (Fsp3) is 0.0909. The Balaban J connectivity index is 2.24. The average molecular weight is 218 g/mol. The molecule has 0 unspecified atom stereocenters. The second-order valence-corrected chi connectivity index (χ2v) is 3.42. The molecule has 2 rings (SSSR count). The van der Waals surface area contributed by atoms with Gasteiger partial charge in [-0.1, -0.05) is 6.07 Å². The van der Waals surface area contributed by atoms with E-state index in [0.29, 0.717) is 22.9 Å². The third kappa shape index (κ3) is 2.25. The Morgan fingerprint density at radius 1 is 1.25 bits per heavy atom. The van der Waals surface area contributed by atoms with Crippen molar-refractivity contribution in [3.05, 3.63) is 42.0 Å². The second kappa shape index (κ2) is 4.14. The number of nitrogens with two attached hydrogens (primary N) is 1. The zero-order valence-electron chi connectivity index (χ0n) is 8.74. The van der Waals surface area contributed by atoms with Gasteiger partial charge in [0.2, 0.25) is 0 Å². The highest BCUT2D eigenvalue weighted by atomic mass is 19.1. The molecule has 1 aromatic heterocycles. The van der Waals surface area contributed by atoms with Crippen LogP contribution >= 0.6 is 0 Å². The van der Waals surface area contributed by atoms with Crippen molar-refractivity contribution in [2.45, 2.75) is 6.92 Å². The first-order valence-corrected chi connectivity index (χ1v) is 4.76. The van der Waals surface area contributed by atoms with Gasteiger partial charge in [0.1, 0.15) is 23.8 Å². The minimum Gasteiger partial charge on any atom is -0.384 e. The van der Waals surface area contributed by atoms with Gasteiger partial charge in [-0.25, -0.2) is 14.4 Å². The molecule has 0 spiro atoms. The maximum atomic E-state index is 13.3. The molecule has 5 heteroatoms. The fourth-order valence-electron chi connectivity index (χ4n) is 1.26. The van der Waals surface area contributed by atoms with Gasteiger partial charge in [0, 0.05) is 11.8 Å². The number of nitrogens with one attached hydrogen (secondary N) is 1. The van der Waals surface area contributed by atoms with E-state index in [2.05, 4.69) is 15.3 Å². The maximum absolute atomic E-state index is 13.3. The summed E-state index contributed by atoms with van der Waals surface area (Å²) in [4.78, 5) is 7.73. The van der Waals surface area contributed by atoms with Gasteiger partial charge in [-0.2, -0.15) is 0 Å². The lowest BCUT2D eigenvalue weighted by atomic mass is 10.2. The summed E-state index contributed by atoms with van der Waals surface area (Å²) in [7, 11) is 0. The summed E-state index contributed by atoms with van der Waals surface area (Å²) in [5.41, 5.74) is 6.73. The van der Waals surface area contributed by atoms with Crippen LogP contribution in [0.3, 0.4) is 0 Å². The van der Waals surface area contributed by atoms with Crippen molar-refractivity contribution in [3.63, 3.8) is 0 Å². The van der Waals surface area contributed by atoms with Crippen LogP contribution in [0.5, 0.6) is 0 Å². The number of benzene rings is 1. The Labute approximate surface area is 92.3 Å². The van der Waals surface area contributed by atoms with Crippen molar-refractivity contribution < 1.29 is 4.39 Å². The first-order chi connectivity index (χ1) is 7.65. The highest BCUT2D eigenvalue weighted by Crippen LogP contribution is 2.18. The molecule has 0 aliphatic carbocycles. The monoisotopic (exact) mass is 218 g/mol. The van der Waals surface area contributed by atoms with Crippen LogP contribution in [0.1, 0.15) is 5.56 Å². The lowest BCUT2D eigenvalue weighted by molar-refractivity contribution is 0.619. The molecule has 4 nitrogen and oxygen atoms in total. The van der Waals surface area contributed by atoms with Crippen LogP contribution < -0.4 is 11.1 Å². The van der Waals surface area contributed by atoms with Crippen LogP contribution in [0.15, 0.2) is 30.6 Å². The quantitative estimate of drug-likeness (QED) is 0.811. The number of nitrogens with zero attached hydrogens (tertiary/aromatic N) is 2. The van der Waals surface area contributed by atoms with E-state index in [-0.39, 0.29) is 5.82 Å². The molecule has 1 aromatic carbocycles. The smallest absolute Gasteiger partial charge is 0.135 e. The molecular weight excluding hydrogens is 207 g/mol. The Morgan fingerprint density at radius 3 is 2.75 bits per heavy atom. The number of halogens is 1. The first-order valence-electron chi connectivity index (χ1n) is 4.76. The Bertz CT molecular complexity index is 513. The molecule has 0 bridgehead atoms. The van der Waals surface area contributed by atoms with Crippen LogP contribution in [0, 0.1) is 12.7 Å². The van der Waals surface area contributed by atoms with E-state index in [1.165, 1.54) is 12.4 Å². The van der Waals surface area contributed by atoms with Gasteiger partial charge in [-0.15, -0.1) is 0 Å². The summed E-state index contributed by atoms with van der Waals surface area (Å²) < 4.78 is 13.3. The van der Waals surface area contributed by atoms with Gasteiger partial charge in [0.15, 0.2) is 0 Å². The number of hydrogen-bond acceptors (Lipinski definition) is 4. The van der Waals surface area contributed by atoms with Gasteiger partial charge in [-0.3, -0.25) is 0 Å². The van der Waals surface area contributed by atoms with Gasteiger partial charge in [-0.05, 0) is 24.6 Å². The molecule has 0 saturated carbocycles. The number of aromatic nitrogens is 2. The molecule has 0 fully saturated rings. The maximum Gasteiger partial charge on any atom is 0.135 e. The molecular formula is C11H11FN4. The summed E-state index contributed by atoms with van der Waals surface area (Å²) in [6.45, 7) is 1.71. The summed E-state index contributed by atoms with van der Waals surface area (Å²) in [6, 6.07) is 6.46. The van der Waals surface area contributed by atoms with E-state index < -0.39 is 0 Å². The first kappa shape index (κ1) is 10.4. The minimum atomic E-state index is -0.257. The molecule has 0 aliphatic rings. The predicted molar refractivity (Wildman–Crippen MR) is 60.9 cm³/mol. The normalized spacial score (nSPS) is 10.1. The van der Waals surface area contributed by atoms with Crippen molar-refractivity contribution >= 4 is 17.3 Å². The molecule has 82 valence electrons. The van der Waals surface area contributed by atoms with E-state index in [9.17, 15) is 4.39 Å². The van der Waals surface area contributed by atoms with Gasteiger partial charge >= 0.3 is 0 Å². The highest BCUT2D eigenvalue weighted by Gasteiger charge is 2.01. The molecule has 0 aliphatic heterocycles. The van der Waals surface area contributed by atoms with Crippen molar-refractivity contribution in [1.29, 1.82) is 0 Å². The zero-order chi connectivity index (χ0) is 11.5. The van der Waals surface area contributed by atoms with Crippen LogP contribution in [-0.4, -0.2) is 9.97 Å². The molecule has 0 atom stereocenters. The van der Waals surface area contributed by atoms with Gasteiger partial charge in [0.05, 0.1) is 0 Å². The van der Waals surface area contributed by atoms with E-state index in [4.69, 9.17) is 5.73 Å². The van der Waals surface area contributed by atoms with E-state index in [1.807, 2.05) is 0 Å². The Morgan fingerprint density at radius 2 is 2.06 bits per heavy atom. The van der Waals surface area contributed by atoms with Crippen molar-refractivity contribution in [2.24, 2.45) is 0 Å². The molecule has 0 saturated heterocycles.